The lowest BCUT2D eigenvalue weighted by atomic mass is 10.1. The third-order valence-corrected chi connectivity index (χ3v) is 6.03. The number of aromatic amines is 1. The van der Waals surface area contributed by atoms with E-state index in [0.29, 0.717) is 6.61 Å². The van der Waals surface area contributed by atoms with E-state index in [0.717, 1.165) is 28.9 Å². The van der Waals surface area contributed by atoms with Gasteiger partial charge in [0, 0.05) is 36.8 Å². The van der Waals surface area contributed by atoms with Gasteiger partial charge in [-0.25, -0.2) is 13.1 Å². The molecule has 3 aromatic rings. The summed E-state index contributed by atoms with van der Waals surface area (Å²) in [5, 5.41) is 7.58. The second-order valence-corrected chi connectivity index (χ2v) is 7.94. The molecular formula is C19H19N3O3S. The van der Waals surface area contributed by atoms with Gasteiger partial charge in [-0.15, -0.1) is 0 Å². The molecule has 1 heterocycles. The van der Waals surface area contributed by atoms with Crippen molar-refractivity contribution in [2.75, 3.05) is 20.3 Å². The number of H-pyrrole nitrogens is 1. The Kier molecular flexibility index (Phi) is 4.36. The number of nitrogens with one attached hydrogen (secondary N) is 2. The Morgan fingerprint density at radius 3 is 2.69 bits per heavy atom. The largest absolute Gasteiger partial charge is 0.383 e. The minimum absolute atomic E-state index is 0.229. The van der Waals surface area contributed by atoms with E-state index in [1.54, 1.807) is 24.3 Å². The fourth-order valence-corrected chi connectivity index (χ4v) is 4.27. The average molecular weight is 369 g/mol. The van der Waals surface area contributed by atoms with Gasteiger partial charge in [0.15, 0.2) is 0 Å². The third-order valence-electron chi connectivity index (χ3n) is 4.56. The first-order valence-corrected chi connectivity index (χ1v) is 9.83. The summed E-state index contributed by atoms with van der Waals surface area (Å²) in [6, 6.07) is 15.1. The van der Waals surface area contributed by atoms with E-state index in [-0.39, 0.29) is 11.4 Å². The van der Waals surface area contributed by atoms with Gasteiger partial charge < -0.3 is 4.74 Å². The Bertz CT molecular complexity index is 1040. The highest BCUT2D eigenvalue weighted by atomic mass is 32.2. The molecule has 0 fully saturated rings. The molecule has 7 heteroatoms. The van der Waals surface area contributed by atoms with Crippen LogP contribution in [0.2, 0.25) is 0 Å². The first-order chi connectivity index (χ1) is 12.6. The first-order valence-electron chi connectivity index (χ1n) is 8.35. The number of ether oxygens (including phenoxy) is 1. The molecule has 0 saturated heterocycles. The first kappa shape index (κ1) is 17.0. The highest BCUT2D eigenvalue weighted by Gasteiger charge is 2.24. The number of hydrogen-bond acceptors (Lipinski definition) is 4. The van der Waals surface area contributed by atoms with Crippen molar-refractivity contribution in [1.82, 2.24) is 14.9 Å². The predicted molar refractivity (Wildman–Crippen MR) is 99.3 cm³/mol. The summed E-state index contributed by atoms with van der Waals surface area (Å²) >= 11 is 0. The van der Waals surface area contributed by atoms with Crippen LogP contribution in [0.1, 0.15) is 11.1 Å². The standard InChI is InChI=1S/C19H19N3O3S/c1-25-11-10-20-26(23,24)15-8-6-13(7-9-15)18-17-12-14-4-2-3-5-16(14)19(17)22-21-18/h2-9,20H,10-12H2,1H3,(H,21,22). The van der Waals surface area contributed by atoms with Crippen molar-refractivity contribution >= 4 is 10.0 Å². The fourth-order valence-electron chi connectivity index (χ4n) is 3.26. The minimum Gasteiger partial charge on any atom is -0.383 e. The molecule has 1 aromatic heterocycles. The molecule has 2 N–H and O–H groups in total. The van der Waals surface area contributed by atoms with Crippen molar-refractivity contribution in [2.24, 2.45) is 0 Å². The van der Waals surface area contributed by atoms with Gasteiger partial charge >= 0.3 is 0 Å². The zero-order valence-corrected chi connectivity index (χ0v) is 15.1. The third kappa shape index (κ3) is 2.94. The van der Waals surface area contributed by atoms with Gasteiger partial charge in [0.25, 0.3) is 0 Å². The summed E-state index contributed by atoms with van der Waals surface area (Å²) in [7, 11) is -2.00. The lowest BCUT2D eigenvalue weighted by Gasteiger charge is -2.07. The predicted octanol–water partition coefficient (Wildman–Crippen LogP) is 2.57. The van der Waals surface area contributed by atoms with Crippen LogP contribution in [-0.2, 0) is 21.2 Å². The Balaban J connectivity index is 1.61. The molecule has 0 atom stereocenters. The number of rotatable bonds is 6. The van der Waals surface area contributed by atoms with Crippen LogP contribution < -0.4 is 4.72 Å². The van der Waals surface area contributed by atoms with Gasteiger partial charge in [0.1, 0.15) is 0 Å². The molecular weight excluding hydrogens is 350 g/mol. The average Bonchev–Trinajstić information content (AvgIpc) is 3.21. The van der Waals surface area contributed by atoms with E-state index < -0.39 is 10.0 Å². The zero-order chi connectivity index (χ0) is 18.1. The summed E-state index contributed by atoms with van der Waals surface area (Å²) in [6.45, 7) is 0.572. The smallest absolute Gasteiger partial charge is 0.240 e. The maximum absolute atomic E-state index is 12.3. The minimum atomic E-state index is -3.53. The fraction of sp³-hybridized carbons (Fsp3) is 0.211. The monoisotopic (exact) mass is 369 g/mol. The van der Waals surface area contributed by atoms with E-state index >= 15 is 0 Å². The van der Waals surface area contributed by atoms with E-state index in [1.165, 1.54) is 18.2 Å². The summed E-state index contributed by atoms with van der Waals surface area (Å²) < 4.78 is 31.9. The normalized spacial score (nSPS) is 12.8. The highest BCUT2D eigenvalue weighted by molar-refractivity contribution is 7.89. The Morgan fingerprint density at radius 2 is 1.92 bits per heavy atom. The van der Waals surface area contributed by atoms with Crippen LogP contribution >= 0.6 is 0 Å². The number of benzene rings is 2. The number of aromatic nitrogens is 2. The van der Waals surface area contributed by atoms with Crippen molar-refractivity contribution in [3.8, 4) is 22.5 Å². The highest BCUT2D eigenvalue weighted by Crippen LogP contribution is 2.39. The van der Waals surface area contributed by atoms with Crippen molar-refractivity contribution < 1.29 is 13.2 Å². The van der Waals surface area contributed by atoms with Crippen LogP contribution in [0.4, 0.5) is 0 Å². The zero-order valence-electron chi connectivity index (χ0n) is 14.3. The van der Waals surface area contributed by atoms with Gasteiger partial charge in [-0.05, 0) is 17.7 Å². The lowest BCUT2D eigenvalue weighted by molar-refractivity contribution is 0.204. The molecule has 0 radical (unpaired) electrons. The Morgan fingerprint density at radius 1 is 1.15 bits per heavy atom. The van der Waals surface area contributed by atoms with Crippen molar-refractivity contribution in [3.63, 3.8) is 0 Å². The number of sulfonamides is 1. The van der Waals surface area contributed by atoms with Gasteiger partial charge in [0.05, 0.1) is 22.9 Å². The van der Waals surface area contributed by atoms with Gasteiger partial charge in [-0.3, -0.25) is 5.10 Å². The molecule has 6 nitrogen and oxygen atoms in total. The molecule has 0 aliphatic heterocycles. The van der Waals surface area contributed by atoms with Gasteiger partial charge in [0.2, 0.25) is 10.0 Å². The van der Waals surface area contributed by atoms with Crippen LogP contribution in [0.5, 0.6) is 0 Å². The summed E-state index contributed by atoms with van der Waals surface area (Å²) in [5.74, 6) is 0. The maximum Gasteiger partial charge on any atom is 0.240 e. The molecule has 1 aliphatic rings. The quantitative estimate of drug-likeness (QED) is 0.512. The number of methoxy groups -OCH3 is 1. The molecule has 26 heavy (non-hydrogen) atoms. The van der Waals surface area contributed by atoms with Crippen LogP contribution in [0.15, 0.2) is 53.4 Å². The molecule has 0 spiro atoms. The summed E-state index contributed by atoms with van der Waals surface area (Å²) in [5.41, 5.74) is 6.42. The molecule has 2 aromatic carbocycles. The number of fused-ring (bicyclic) bond motifs is 3. The van der Waals surface area contributed by atoms with E-state index in [4.69, 9.17) is 4.74 Å². The molecule has 0 saturated carbocycles. The summed E-state index contributed by atoms with van der Waals surface area (Å²) in [4.78, 5) is 0.229. The second kappa shape index (κ2) is 6.68. The molecule has 134 valence electrons. The molecule has 4 rings (SSSR count). The Labute approximate surface area is 152 Å². The SMILES string of the molecule is COCCNS(=O)(=O)c1ccc(-c2n[nH]c3c2Cc2ccccc2-3)cc1. The number of hydrogen-bond donors (Lipinski definition) is 2. The van der Waals surface area contributed by atoms with Gasteiger partial charge in [-0.1, -0.05) is 36.4 Å². The summed E-state index contributed by atoms with van der Waals surface area (Å²) in [6.07, 6.45) is 0.829. The molecule has 0 bridgehead atoms. The maximum atomic E-state index is 12.3. The van der Waals surface area contributed by atoms with E-state index in [2.05, 4.69) is 27.1 Å². The van der Waals surface area contributed by atoms with Crippen molar-refractivity contribution in [2.45, 2.75) is 11.3 Å². The number of nitrogens with zero attached hydrogens (tertiary/aromatic N) is 1. The molecule has 1 aliphatic carbocycles. The van der Waals surface area contributed by atoms with E-state index in [1.807, 2.05) is 12.1 Å². The van der Waals surface area contributed by atoms with Crippen LogP contribution in [0.25, 0.3) is 22.5 Å². The second-order valence-electron chi connectivity index (χ2n) is 6.17. The Hall–Kier alpha value is -2.48. The molecule has 0 unspecified atom stereocenters. The van der Waals surface area contributed by atoms with E-state index in [9.17, 15) is 8.42 Å². The van der Waals surface area contributed by atoms with Crippen LogP contribution in [0.3, 0.4) is 0 Å². The van der Waals surface area contributed by atoms with Crippen molar-refractivity contribution in [3.05, 3.63) is 59.7 Å². The lowest BCUT2D eigenvalue weighted by Crippen LogP contribution is -2.27. The van der Waals surface area contributed by atoms with Crippen LogP contribution in [-0.4, -0.2) is 38.9 Å². The topological polar surface area (TPSA) is 84.1 Å². The van der Waals surface area contributed by atoms with Gasteiger partial charge in [-0.2, -0.15) is 5.10 Å². The molecule has 0 amide bonds. The van der Waals surface area contributed by atoms with Crippen LogP contribution in [0, 0.1) is 0 Å². The van der Waals surface area contributed by atoms with Crippen molar-refractivity contribution in [1.29, 1.82) is 0 Å².